The molecule has 0 atom stereocenters. The Labute approximate surface area is 107 Å². The van der Waals surface area contributed by atoms with Gasteiger partial charge in [0.25, 0.3) is 0 Å². The fourth-order valence-corrected chi connectivity index (χ4v) is 2.07. The second-order valence-electron chi connectivity index (χ2n) is 3.22. The molecule has 0 saturated heterocycles. The van der Waals surface area contributed by atoms with Gasteiger partial charge < -0.3 is 15.8 Å². The molecule has 7 heteroatoms. The molecule has 5 nitrogen and oxygen atoms in total. The third kappa shape index (κ3) is 3.53. The Kier molecular flexibility index (Phi) is 4.82. The highest BCUT2D eigenvalue weighted by atomic mass is 79.9. The Balaban J connectivity index is 2.69. The number of aromatic nitrogens is 1. The first-order valence-corrected chi connectivity index (χ1v) is 5.70. The lowest BCUT2D eigenvalue weighted by molar-refractivity contribution is 0.317. The molecule has 0 radical (unpaired) electrons. The molecule has 0 aliphatic carbocycles. The second kappa shape index (κ2) is 5.91. The van der Waals surface area contributed by atoms with Crippen LogP contribution in [-0.4, -0.2) is 29.6 Å². The van der Waals surface area contributed by atoms with Crippen LogP contribution in [0.15, 0.2) is 21.9 Å². The van der Waals surface area contributed by atoms with Crippen molar-refractivity contribution in [2.45, 2.75) is 6.42 Å². The lowest BCUT2D eigenvalue weighted by Gasteiger charge is -2.18. The second-order valence-corrected chi connectivity index (χ2v) is 4.51. The molecule has 0 aliphatic heterocycles. The van der Waals surface area contributed by atoms with Gasteiger partial charge in [-0.25, -0.2) is 4.98 Å². The number of hydrogen-bond acceptors (Lipinski definition) is 4. The molecule has 0 unspecified atom stereocenters. The SMILES string of the molecule is CN(CCC(N)=NO)c1ncc(Cl)cc1Br. The third-order valence-electron chi connectivity index (χ3n) is 1.98. The van der Waals surface area contributed by atoms with Crippen molar-refractivity contribution in [3.63, 3.8) is 0 Å². The highest BCUT2D eigenvalue weighted by Crippen LogP contribution is 2.25. The van der Waals surface area contributed by atoms with E-state index < -0.39 is 0 Å². The molecule has 0 saturated carbocycles. The standard InChI is InChI=1S/C9H12BrClN4O/c1-15(3-2-8(12)14-16)9-7(10)4-6(11)5-13-9/h4-5,16H,2-3H2,1H3,(H2,12,14). The van der Waals surface area contributed by atoms with Gasteiger partial charge in [-0.2, -0.15) is 0 Å². The first-order valence-electron chi connectivity index (χ1n) is 4.53. The summed E-state index contributed by atoms with van der Waals surface area (Å²) in [6.45, 7) is 0.600. The predicted molar refractivity (Wildman–Crippen MR) is 68.2 cm³/mol. The van der Waals surface area contributed by atoms with Gasteiger partial charge >= 0.3 is 0 Å². The number of nitrogens with two attached hydrogens (primary N) is 1. The van der Waals surface area contributed by atoms with Crippen molar-refractivity contribution in [2.24, 2.45) is 10.9 Å². The molecule has 0 aromatic carbocycles. The van der Waals surface area contributed by atoms with Crippen molar-refractivity contribution in [1.29, 1.82) is 0 Å². The van der Waals surface area contributed by atoms with E-state index in [9.17, 15) is 0 Å². The molecule has 3 N–H and O–H groups in total. The Morgan fingerprint density at radius 3 is 3.00 bits per heavy atom. The van der Waals surface area contributed by atoms with E-state index in [1.807, 2.05) is 11.9 Å². The molecule has 0 fully saturated rings. The van der Waals surface area contributed by atoms with Crippen molar-refractivity contribution >= 4 is 39.2 Å². The van der Waals surface area contributed by atoms with Gasteiger partial charge in [0.1, 0.15) is 11.7 Å². The molecule has 16 heavy (non-hydrogen) atoms. The van der Waals surface area contributed by atoms with Crippen LogP contribution in [0.4, 0.5) is 5.82 Å². The minimum Gasteiger partial charge on any atom is -0.409 e. The van der Waals surface area contributed by atoms with Crippen LogP contribution in [0.5, 0.6) is 0 Å². The van der Waals surface area contributed by atoms with Gasteiger partial charge in [-0.05, 0) is 22.0 Å². The normalized spacial score (nSPS) is 11.6. The number of anilines is 1. The maximum Gasteiger partial charge on any atom is 0.142 e. The minimum absolute atomic E-state index is 0.192. The number of rotatable bonds is 4. The summed E-state index contributed by atoms with van der Waals surface area (Å²) in [5.41, 5.74) is 5.38. The average molecular weight is 308 g/mol. The fourth-order valence-electron chi connectivity index (χ4n) is 1.13. The molecule has 0 spiro atoms. The van der Waals surface area contributed by atoms with Gasteiger partial charge in [-0.1, -0.05) is 16.8 Å². The number of hydrogen-bond donors (Lipinski definition) is 2. The van der Waals surface area contributed by atoms with Gasteiger partial charge in [0.15, 0.2) is 0 Å². The van der Waals surface area contributed by atoms with Crippen LogP contribution in [0, 0.1) is 0 Å². The monoisotopic (exact) mass is 306 g/mol. The summed E-state index contributed by atoms with van der Waals surface area (Å²) in [5.74, 6) is 0.951. The highest BCUT2D eigenvalue weighted by molar-refractivity contribution is 9.10. The Hall–Kier alpha value is -1.01. The zero-order valence-electron chi connectivity index (χ0n) is 8.69. The van der Waals surface area contributed by atoms with E-state index in [0.717, 1.165) is 10.3 Å². The summed E-state index contributed by atoms with van der Waals surface area (Å²) in [6.07, 6.45) is 2.03. The topological polar surface area (TPSA) is 74.7 Å². The third-order valence-corrected chi connectivity index (χ3v) is 2.77. The van der Waals surface area contributed by atoms with Crippen LogP contribution in [0.1, 0.15) is 6.42 Å². The summed E-state index contributed by atoms with van der Waals surface area (Å²) in [5, 5.41) is 11.9. The zero-order valence-corrected chi connectivity index (χ0v) is 11.0. The van der Waals surface area contributed by atoms with E-state index in [2.05, 4.69) is 26.1 Å². The molecule has 1 aromatic rings. The Morgan fingerprint density at radius 1 is 1.75 bits per heavy atom. The van der Waals surface area contributed by atoms with Crippen molar-refractivity contribution in [3.05, 3.63) is 21.8 Å². The van der Waals surface area contributed by atoms with Crippen LogP contribution in [0.25, 0.3) is 0 Å². The van der Waals surface area contributed by atoms with Gasteiger partial charge in [-0.3, -0.25) is 0 Å². The molecule has 88 valence electrons. The zero-order chi connectivity index (χ0) is 12.1. The van der Waals surface area contributed by atoms with Gasteiger partial charge in [-0.15, -0.1) is 0 Å². The number of pyridine rings is 1. The maximum absolute atomic E-state index is 8.41. The van der Waals surface area contributed by atoms with Gasteiger partial charge in [0.2, 0.25) is 0 Å². The van der Waals surface area contributed by atoms with E-state index in [-0.39, 0.29) is 5.84 Å². The van der Waals surface area contributed by atoms with Crippen LogP contribution >= 0.6 is 27.5 Å². The van der Waals surface area contributed by atoms with Crippen molar-refractivity contribution in [3.8, 4) is 0 Å². The summed E-state index contributed by atoms with van der Waals surface area (Å²) < 4.78 is 0.807. The van der Waals surface area contributed by atoms with Crippen molar-refractivity contribution < 1.29 is 5.21 Å². The molecule has 0 amide bonds. The largest absolute Gasteiger partial charge is 0.409 e. The summed E-state index contributed by atoms with van der Waals surface area (Å²) in [4.78, 5) is 6.07. The summed E-state index contributed by atoms with van der Waals surface area (Å²) in [7, 11) is 1.87. The van der Waals surface area contributed by atoms with Gasteiger partial charge in [0.05, 0.1) is 9.50 Å². The number of amidine groups is 1. The average Bonchev–Trinajstić information content (AvgIpc) is 2.25. The lowest BCUT2D eigenvalue weighted by atomic mass is 10.3. The first-order chi connectivity index (χ1) is 7.54. The van der Waals surface area contributed by atoms with E-state index in [0.29, 0.717) is 18.0 Å². The Morgan fingerprint density at radius 2 is 2.44 bits per heavy atom. The first kappa shape index (κ1) is 13.1. The van der Waals surface area contributed by atoms with E-state index in [1.165, 1.54) is 0 Å². The van der Waals surface area contributed by atoms with Crippen LogP contribution in [0.3, 0.4) is 0 Å². The smallest absolute Gasteiger partial charge is 0.142 e. The molecule has 0 bridgehead atoms. The fraction of sp³-hybridized carbons (Fsp3) is 0.333. The van der Waals surface area contributed by atoms with Crippen LogP contribution in [0.2, 0.25) is 5.02 Å². The van der Waals surface area contributed by atoms with Crippen LogP contribution < -0.4 is 10.6 Å². The van der Waals surface area contributed by atoms with E-state index in [1.54, 1.807) is 12.3 Å². The number of halogens is 2. The molecule has 1 heterocycles. The molecular weight excluding hydrogens is 295 g/mol. The highest BCUT2D eigenvalue weighted by Gasteiger charge is 2.08. The number of nitrogens with zero attached hydrogens (tertiary/aromatic N) is 3. The lowest BCUT2D eigenvalue weighted by Crippen LogP contribution is -2.25. The molecule has 0 aliphatic rings. The Bertz CT molecular complexity index is 399. The predicted octanol–water partition coefficient (Wildman–Crippen LogP) is 2.07. The van der Waals surface area contributed by atoms with Crippen molar-refractivity contribution in [1.82, 2.24) is 4.98 Å². The van der Waals surface area contributed by atoms with Crippen LogP contribution in [-0.2, 0) is 0 Å². The number of oxime groups is 1. The van der Waals surface area contributed by atoms with Crippen molar-refractivity contribution in [2.75, 3.05) is 18.5 Å². The summed E-state index contributed by atoms with van der Waals surface area (Å²) >= 11 is 9.16. The maximum atomic E-state index is 8.41. The quantitative estimate of drug-likeness (QED) is 0.386. The van der Waals surface area contributed by atoms with E-state index in [4.69, 9.17) is 22.5 Å². The van der Waals surface area contributed by atoms with Gasteiger partial charge in [0, 0.05) is 26.2 Å². The van der Waals surface area contributed by atoms with E-state index >= 15 is 0 Å². The minimum atomic E-state index is 0.192. The summed E-state index contributed by atoms with van der Waals surface area (Å²) in [6, 6.07) is 1.77. The molecular formula is C9H12BrClN4O. The molecule has 1 aromatic heterocycles. The molecule has 1 rings (SSSR count).